The smallest absolute Gasteiger partial charge is 0.319 e. The molecule has 0 unspecified atom stereocenters. The van der Waals surface area contributed by atoms with Gasteiger partial charge in [0.2, 0.25) is 0 Å². The number of nitrogens with one attached hydrogen (secondary N) is 2. The number of aryl methyl sites for hydroxylation is 1. The number of para-hydroxylation sites is 1. The fourth-order valence-corrected chi connectivity index (χ4v) is 2.52. The van der Waals surface area contributed by atoms with Crippen LogP contribution in [0, 0.1) is 6.92 Å². The van der Waals surface area contributed by atoms with Crippen LogP contribution in [0.3, 0.4) is 0 Å². The third-order valence-corrected chi connectivity index (χ3v) is 3.86. The van der Waals surface area contributed by atoms with Gasteiger partial charge in [0.25, 0.3) is 0 Å². The van der Waals surface area contributed by atoms with E-state index in [1.54, 1.807) is 11.8 Å². The van der Waals surface area contributed by atoms with E-state index < -0.39 is 0 Å². The van der Waals surface area contributed by atoms with Crippen LogP contribution in [0.1, 0.15) is 11.1 Å². The monoisotopic (exact) mass is 286 g/mol. The highest BCUT2D eigenvalue weighted by Crippen LogP contribution is 2.19. The Morgan fingerprint density at radius 1 is 1.10 bits per heavy atom. The molecule has 2 rings (SSSR count). The van der Waals surface area contributed by atoms with Crippen molar-refractivity contribution in [1.82, 2.24) is 5.32 Å². The zero-order valence-corrected chi connectivity index (χ0v) is 12.5. The molecule has 4 heteroatoms. The highest BCUT2D eigenvalue weighted by Gasteiger charge is 2.05. The molecular formula is C16H18N2OS. The van der Waals surface area contributed by atoms with E-state index >= 15 is 0 Å². The number of hydrogen-bond acceptors (Lipinski definition) is 2. The molecule has 0 aliphatic heterocycles. The van der Waals surface area contributed by atoms with Gasteiger partial charge < -0.3 is 10.6 Å². The summed E-state index contributed by atoms with van der Waals surface area (Å²) in [6, 6.07) is 15.6. The zero-order valence-electron chi connectivity index (χ0n) is 11.6. The molecule has 3 nitrogen and oxygen atoms in total. The van der Waals surface area contributed by atoms with Crippen molar-refractivity contribution in [2.24, 2.45) is 0 Å². The van der Waals surface area contributed by atoms with Gasteiger partial charge in [-0.15, -0.1) is 11.8 Å². The minimum Gasteiger partial charge on any atom is -0.334 e. The number of carbonyl (C=O) groups excluding carboxylic acids is 1. The second kappa shape index (κ2) is 7.01. The number of carbonyl (C=O) groups is 1. The summed E-state index contributed by atoms with van der Waals surface area (Å²) in [6.45, 7) is 2.49. The topological polar surface area (TPSA) is 41.1 Å². The first kappa shape index (κ1) is 14.5. The van der Waals surface area contributed by atoms with Crippen molar-refractivity contribution >= 4 is 23.5 Å². The van der Waals surface area contributed by atoms with Crippen molar-refractivity contribution in [1.29, 1.82) is 0 Å². The molecule has 0 spiro atoms. The Morgan fingerprint density at radius 3 is 2.55 bits per heavy atom. The van der Waals surface area contributed by atoms with E-state index in [0.29, 0.717) is 6.54 Å². The Labute approximate surface area is 123 Å². The van der Waals surface area contributed by atoms with Crippen molar-refractivity contribution in [3.63, 3.8) is 0 Å². The zero-order chi connectivity index (χ0) is 14.4. The lowest BCUT2D eigenvalue weighted by Crippen LogP contribution is -2.28. The first-order valence-corrected chi connectivity index (χ1v) is 7.65. The summed E-state index contributed by atoms with van der Waals surface area (Å²) in [7, 11) is 0. The summed E-state index contributed by atoms with van der Waals surface area (Å²) in [5.74, 6) is 0. The van der Waals surface area contributed by atoms with Crippen molar-refractivity contribution in [2.45, 2.75) is 18.4 Å². The van der Waals surface area contributed by atoms with Gasteiger partial charge in [0.15, 0.2) is 0 Å². The Hall–Kier alpha value is -1.94. The van der Waals surface area contributed by atoms with E-state index in [9.17, 15) is 4.79 Å². The summed E-state index contributed by atoms with van der Waals surface area (Å²) < 4.78 is 0. The van der Waals surface area contributed by atoms with Gasteiger partial charge in [0.05, 0.1) is 0 Å². The van der Waals surface area contributed by atoms with E-state index in [-0.39, 0.29) is 6.03 Å². The number of benzene rings is 2. The lowest BCUT2D eigenvalue weighted by molar-refractivity contribution is 0.251. The quantitative estimate of drug-likeness (QED) is 0.833. The molecule has 2 aromatic rings. The van der Waals surface area contributed by atoms with Crippen LogP contribution in [0.25, 0.3) is 0 Å². The van der Waals surface area contributed by atoms with E-state index in [0.717, 1.165) is 16.8 Å². The van der Waals surface area contributed by atoms with Crippen LogP contribution >= 0.6 is 11.8 Å². The minimum atomic E-state index is -0.185. The number of anilines is 1. The van der Waals surface area contributed by atoms with Gasteiger partial charge in [-0.1, -0.05) is 36.4 Å². The second-order valence-electron chi connectivity index (χ2n) is 4.43. The fraction of sp³-hybridized carbons (Fsp3) is 0.188. The van der Waals surface area contributed by atoms with Crippen molar-refractivity contribution < 1.29 is 4.79 Å². The molecule has 0 radical (unpaired) electrons. The molecule has 0 atom stereocenters. The van der Waals surface area contributed by atoms with Crippen LogP contribution in [0.2, 0.25) is 0 Å². The number of amides is 2. The second-order valence-corrected chi connectivity index (χ2v) is 5.28. The first-order chi connectivity index (χ1) is 9.70. The normalized spacial score (nSPS) is 10.1. The van der Waals surface area contributed by atoms with E-state index in [1.807, 2.05) is 55.6 Å². The standard InChI is InChI=1S/C16H18N2OS/c1-12-7-3-5-9-14(12)18-16(19)17-11-13-8-4-6-10-15(13)20-2/h3-10H,11H2,1-2H3,(H2,17,18,19). The van der Waals surface area contributed by atoms with Gasteiger partial charge in [-0.2, -0.15) is 0 Å². The number of thioether (sulfide) groups is 1. The molecule has 0 saturated heterocycles. The molecule has 0 fully saturated rings. The highest BCUT2D eigenvalue weighted by atomic mass is 32.2. The molecule has 0 heterocycles. The Bertz CT molecular complexity index is 599. The molecule has 0 aliphatic carbocycles. The maximum atomic E-state index is 11.9. The highest BCUT2D eigenvalue weighted by molar-refractivity contribution is 7.98. The molecule has 20 heavy (non-hydrogen) atoms. The van der Waals surface area contributed by atoms with Gasteiger partial charge in [-0.05, 0) is 36.4 Å². The van der Waals surface area contributed by atoms with Gasteiger partial charge in [-0.25, -0.2) is 4.79 Å². The van der Waals surface area contributed by atoms with Gasteiger partial charge in [0, 0.05) is 17.1 Å². The molecule has 2 aromatic carbocycles. The molecule has 0 aromatic heterocycles. The SMILES string of the molecule is CSc1ccccc1CNC(=O)Nc1ccccc1C. The molecule has 2 N–H and O–H groups in total. The predicted molar refractivity (Wildman–Crippen MR) is 85.3 cm³/mol. The predicted octanol–water partition coefficient (Wildman–Crippen LogP) is 4.04. The van der Waals surface area contributed by atoms with Crippen LogP contribution in [-0.4, -0.2) is 12.3 Å². The van der Waals surface area contributed by atoms with Crippen LogP contribution in [0.5, 0.6) is 0 Å². The third-order valence-electron chi connectivity index (χ3n) is 3.03. The average Bonchev–Trinajstić information content (AvgIpc) is 2.48. The summed E-state index contributed by atoms with van der Waals surface area (Å²) in [6.07, 6.45) is 2.03. The lowest BCUT2D eigenvalue weighted by atomic mass is 10.2. The summed E-state index contributed by atoms with van der Waals surface area (Å²) in [5.41, 5.74) is 3.01. The maximum Gasteiger partial charge on any atom is 0.319 e. The largest absolute Gasteiger partial charge is 0.334 e. The fourth-order valence-electron chi connectivity index (χ4n) is 1.90. The molecule has 0 bridgehead atoms. The van der Waals surface area contributed by atoms with E-state index in [4.69, 9.17) is 0 Å². The molecule has 104 valence electrons. The molecule has 0 aliphatic rings. The number of hydrogen-bond donors (Lipinski definition) is 2. The van der Waals surface area contributed by atoms with Crippen LogP contribution in [0.4, 0.5) is 10.5 Å². The third kappa shape index (κ3) is 3.78. The average molecular weight is 286 g/mol. The van der Waals surface area contributed by atoms with Crippen molar-refractivity contribution in [2.75, 3.05) is 11.6 Å². The van der Waals surface area contributed by atoms with E-state index in [1.165, 1.54) is 4.90 Å². The molecule has 0 saturated carbocycles. The van der Waals surface area contributed by atoms with Crippen molar-refractivity contribution in [3.05, 3.63) is 59.7 Å². The number of rotatable bonds is 4. The van der Waals surface area contributed by atoms with Crippen LogP contribution in [-0.2, 0) is 6.54 Å². The van der Waals surface area contributed by atoms with Gasteiger partial charge in [-0.3, -0.25) is 0 Å². The van der Waals surface area contributed by atoms with E-state index in [2.05, 4.69) is 16.7 Å². The summed E-state index contributed by atoms with van der Waals surface area (Å²) in [4.78, 5) is 13.1. The van der Waals surface area contributed by atoms with Crippen LogP contribution in [0.15, 0.2) is 53.4 Å². The first-order valence-electron chi connectivity index (χ1n) is 6.43. The van der Waals surface area contributed by atoms with Crippen molar-refractivity contribution in [3.8, 4) is 0 Å². The molecule has 2 amide bonds. The Balaban J connectivity index is 1.94. The minimum absolute atomic E-state index is 0.185. The lowest BCUT2D eigenvalue weighted by Gasteiger charge is -2.11. The van der Waals surface area contributed by atoms with Gasteiger partial charge in [0.1, 0.15) is 0 Å². The number of urea groups is 1. The van der Waals surface area contributed by atoms with Crippen LogP contribution < -0.4 is 10.6 Å². The Kier molecular flexibility index (Phi) is 5.07. The molecular weight excluding hydrogens is 268 g/mol. The van der Waals surface area contributed by atoms with Gasteiger partial charge >= 0.3 is 6.03 Å². The summed E-state index contributed by atoms with van der Waals surface area (Å²) >= 11 is 1.68. The Morgan fingerprint density at radius 2 is 1.80 bits per heavy atom. The summed E-state index contributed by atoms with van der Waals surface area (Å²) in [5, 5.41) is 5.75. The maximum absolute atomic E-state index is 11.9.